The van der Waals surface area contributed by atoms with Crippen molar-refractivity contribution in [1.82, 2.24) is 0 Å². The van der Waals surface area contributed by atoms with E-state index < -0.39 is 0 Å². The van der Waals surface area contributed by atoms with Crippen LogP contribution in [0.3, 0.4) is 0 Å². The van der Waals surface area contributed by atoms with E-state index in [0.29, 0.717) is 18.9 Å². The molecule has 1 aliphatic rings. The second kappa shape index (κ2) is 6.03. The molecule has 17 heavy (non-hydrogen) atoms. The molecule has 0 saturated carbocycles. The molecule has 0 atom stereocenters. The summed E-state index contributed by atoms with van der Waals surface area (Å²) in [5, 5.41) is 1.44. The lowest BCUT2D eigenvalue weighted by Gasteiger charge is -2.28. The minimum Gasteiger partial charge on any atom is -0.272 e. The molecule has 0 aromatic heterocycles. The van der Waals surface area contributed by atoms with E-state index in [1.165, 1.54) is 10.6 Å². The summed E-state index contributed by atoms with van der Waals surface area (Å²) in [6, 6.07) is 7.87. The minimum absolute atomic E-state index is 0.0366. The molecule has 1 aromatic carbocycles. The number of nitrogens with zero attached hydrogens (tertiary/aromatic N) is 1. The number of para-hydroxylation sites is 1. The van der Waals surface area contributed by atoms with Gasteiger partial charge in [0, 0.05) is 12.3 Å². The lowest BCUT2D eigenvalue weighted by atomic mass is 10.0. The Kier molecular flexibility index (Phi) is 4.40. The molecule has 4 heteroatoms. The molecule has 2 rings (SSSR count). The molecule has 3 nitrogen and oxygen atoms in total. The highest BCUT2D eigenvalue weighted by Crippen LogP contribution is 2.27. The number of unbranched alkanes of at least 4 members (excludes halogenated alkanes) is 1. The van der Waals surface area contributed by atoms with Crippen molar-refractivity contribution < 1.29 is 9.63 Å². The highest BCUT2D eigenvalue weighted by atomic mass is 35.5. The van der Waals surface area contributed by atoms with Crippen LogP contribution in [-0.4, -0.2) is 18.4 Å². The summed E-state index contributed by atoms with van der Waals surface area (Å²) >= 11 is 5.60. The van der Waals surface area contributed by atoms with Crippen molar-refractivity contribution >= 4 is 23.2 Å². The molecule has 0 fully saturated rings. The number of amides is 1. The quantitative estimate of drug-likeness (QED) is 0.597. The molecular formula is C13H16ClNO2. The van der Waals surface area contributed by atoms with Crippen LogP contribution in [0.4, 0.5) is 5.69 Å². The Morgan fingerprint density at radius 1 is 1.24 bits per heavy atom. The number of anilines is 1. The number of fused-ring (bicyclic) bond motifs is 1. The van der Waals surface area contributed by atoms with E-state index in [9.17, 15) is 4.79 Å². The number of rotatable bonds is 5. The maximum absolute atomic E-state index is 11.8. The lowest BCUT2D eigenvalue weighted by Crippen LogP contribution is -2.35. The van der Waals surface area contributed by atoms with E-state index in [4.69, 9.17) is 16.4 Å². The van der Waals surface area contributed by atoms with Gasteiger partial charge < -0.3 is 0 Å². The molecule has 1 heterocycles. The number of carbonyl (C=O) groups excluding carboxylic acids is 1. The summed E-state index contributed by atoms with van der Waals surface area (Å²) < 4.78 is 0. The van der Waals surface area contributed by atoms with Gasteiger partial charge in [-0.05, 0) is 30.9 Å². The van der Waals surface area contributed by atoms with Gasteiger partial charge in [-0.1, -0.05) is 18.2 Å². The van der Waals surface area contributed by atoms with E-state index in [1.807, 2.05) is 24.3 Å². The molecule has 0 bridgehead atoms. The van der Waals surface area contributed by atoms with E-state index in [-0.39, 0.29) is 5.91 Å². The number of aryl methyl sites for hydroxylation is 1. The maximum atomic E-state index is 11.8. The Labute approximate surface area is 106 Å². The van der Waals surface area contributed by atoms with Crippen molar-refractivity contribution in [2.45, 2.75) is 25.7 Å². The Morgan fingerprint density at radius 2 is 2.06 bits per heavy atom. The van der Waals surface area contributed by atoms with E-state index in [1.54, 1.807) is 0 Å². The Balaban J connectivity index is 2.02. The first kappa shape index (κ1) is 12.4. The molecule has 0 N–H and O–H groups in total. The predicted molar refractivity (Wildman–Crippen MR) is 68.2 cm³/mol. The molecule has 92 valence electrons. The first-order chi connectivity index (χ1) is 8.33. The molecular weight excluding hydrogens is 238 g/mol. The number of hydroxylamine groups is 1. The van der Waals surface area contributed by atoms with Crippen LogP contribution in [-0.2, 0) is 16.1 Å². The molecule has 1 amide bonds. The minimum atomic E-state index is 0.0366. The SMILES string of the molecule is O=C1CCc2ccccc2N1OCCCCCl. The van der Waals surface area contributed by atoms with Crippen LogP contribution in [0.15, 0.2) is 24.3 Å². The molecule has 0 aliphatic carbocycles. The van der Waals surface area contributed by atoms with Crippen LogP contribution in [0.25, 0.3) is 0 Å². The van der Waals surface area contributed by atoms with Crippen molar-refractivity contribution in [3.63, 3.8) is 0 Å². The van der Waals surface area contributed by atoms with Gasteiger partial charge in [0.1, 0.15) is 0 Å². The van der Waals surface area contributed by atoms with E-state index in [0.717, 1.165) is 24.9 Å². The summed E-state index contributed by atoms with van der Waals surface area (Å²) in [6.07, 6.45) is 3.10. The van der Waals surface area contributed by atoms with Gasteiger partial charge in [0.15, 0.2) is 0 Å². The third-order valence-electron chi connectivity index (χ3n) is 2.79. The lowest BCUT2D eigenvalue weighted by molar-refractivity contribution is -0.126. The number of hydrogen-bond donors (Lipinski definition) is 0. The highest BCUT2D eigenvalue weighted by molar-refractivity contribution is 6.17. The van der Waals surface area contributed by atoms with Gasteiger partial charge in [0.05, 0.1) is 12.3 Å². The van der Waals surface area contributed by atoms with E-state index >= 15 is 0 Å². The number of carbonyl (C=O) groups is 1. The second-order valence-corrected chi connectivity index (χ2v) is 4.42. The fourth-order valence-electron chi connectivity index (χ4n) is 1.89. The van der Waals surface area contributed by atoms with Gasteiger partial charge >= 0.3 is 0 Å². The summed E-state index contributed by atoms with van der Waals surface area (Å²) in [7, 11) is 0. The number of halogens is 1. The van der Waals surface area contributed by atoms with Gasteiger partial charge in [0.2, 0.25) is 0 Å². The molecule has 1 aromatic rings. The maximum Gasteiger partial charge on any atom is 0.251 e. The summed E-state index contributed by atoms with van der Waals surface area (Å²) in [6.45, 7) is 0.535. The summed E-state index contributed by atoms with van der Waals surface area (Å²) in [5.41, 5.74) is 2.05. The smallest absolute Gasteiger partial charge is 0.251 e. The predicted octanol–water partition coefficient (Wildman–Crippen LogP) is 2.92. The van der Waals surface area contributed by atoms with Crippen molar-refractivity contribution in [3.05, 3.63) is 29.8 Å². The Bertz CT molecular complexity index is 395. The second-order valence-electron chi connectivity index (χ2n) is 4.05. The molecule has 0 unspecified atom stereocenters. The zero-order chi connectivity index (χ0) is 12.1. The number of benzene rings is 1. The highest BCUT2D eigenvalue weighted by Gasteiger charge is 2.24. The molecule has 0 radical (unpaired) electrons. The zero-order valence-electron chi connectivity index (χ0n) is 9.69. The zero-order valence-corrected chi connectivity index (χ0v) is 10.4. The Hall–Kier alpha value is -1.06. The van der Waals surface area contributed by atoms with Crippen LogP contribution in [0, 0.1) is 0 Å². The standard InChI is InChI=1S/C13H16ClNO2/c14-9-3-4-10-17-15-12-6-2-1-5-11(12)7-8-13(15)16/h1-2,5-6H,3-4,7-10H2. The summed E-state index contributed by atoms with van der Waals surface area (Å²) in [4.78, 5) is 17.3. The number of alkyl halides is 1. The molecule has 1 aliphatic heterocycles. The van der Waals surface area contributed by atoms with Crippen LogP contribution in [0.2, 0.25) is 0 Å². The monoisotopic (exact) mass is 253 g/mol. The first-order valence-corrected chi connectivity index (χ1v) is 6.46. The van der Waals surface area contributed by atoms with Crippen LogP contribution in [0.5, 0.6) is 0 Å². The van der Waals surface area contributed by atoms with Crippen LogP contribution in [0.1, 0.15) is 24.8 Å². The molecule has 0 spiro atoms. The third-order valence-corrected chi connectivity index (χ3v) is 3.06. The number of hydrogen-bond acceptors (Lipinski definition) is 2. The van der Waals surface area contributed by atoms with Gasteiger partial charge in [-0.15, -0.1) is 11.6 Å². The van der Waals surface area contributed by atoms with E-state index in [2.05, 4.69) is 0 Å². The van der Waals surface area contributed by atoms with Gasteiger partial charge in [-0.3, -0.25) is 9.63 Å². The van der Waals surface area contributed by atoms with Crippen molar-refractivity contribution in [1.29, 1.82) is 0 Å². The van der Waals surface area contributed by atoms with Gasteiger partial charge in [-0.2, -0.15) is 5.06 Å². The van der Waals surface area contributed by atoms with Crippen LogP contribution < -0.4 is 5.06 Å². The fourth-order valence-corrected chi connectivity index (χ4v) is 2.08. The van der Waals surface area contributed by atoms with Crippen molar-refractivity contribution in [3.8, 4) is 0 Å². The van der Waals surface area contributed by atoms with Gasteiger partial charge in [-0.25, -0.2) is 0 Å². The van der Waals surface area contributed by atoms with Crippen molar-refractivity contribution in [2.75, 3.05) is 17.6 Å². The first-order valence-electron chi connectivity index (χ1n) is 5.92. The largest absolute Gasteiger partial charge is 0.272 e. The average Bonchev–Trinajstić information content (AvgIpc) is 2.37. The normalized spacial score (nSPS) is 14.9. The average molecular weight is 254 g/mol. The van der Waals surface area contributed by atoms with Gasteiger partial charge in [0.25, 0.3) is 5.91 Å². The topological polar surface area (TPSA) is 29.5 Å². The third kappa shape index (κ3) is 2.99. The summed E-state index contributed by atoms with van der Waals surface area (Å²) in [5.74, 6) is 0.669. The fraction of sp³-hybridized carbons (Fsp3) is 0.462. The Morgan fingerprint density at radius 3 is 2.88 bits per heavy atom. The van der Waals surface area contributed by atoms with Crippen molar-refractivity contribution in [2.24, 2.45) is 0 Å². The molecule has 0 saturated heterocycles. The van der Waals surface area contributed by atoms with Crippen LogP contribution >= 0.6 is 11.6 Å².